The molecule has 22 nitrogen and oxygen atoms in total. The van der Waals surface area contributed by atoms with E-state index in [1.54, 1.807) is 101 Å². The number of fused-ring (bicyclic) bond motifs is 9. The number of aromatic carboxylic acids is 1. The second-order valence-electron chi connectivity index (χ2n) is 29.5. The molecule has 9 heterocycles. The molecule has 0 atom stereocenters. The largest absolute Gasteiger partial charge is 0.478 e. The number of H-pyrrole nitrogens is 3. The van der Waals surface area contributed by atoms with Crippen LogP contribution in [-0.4, -0.2) is 189 Å². The third-order valence-corrected chi connectivity index (χ3v) is 26.8. The Labute approximate surface area is 661 Å². The van der Waals surface area contributed by atoms with Gasteiger partial charge >= 0.3 is 5.97 Å². The van der Waals surface area contributed by atoms with Crippen LogP contribution in [0.4, 0.5) is 0 Å². The minimum absolute atomic E-state index is 0. The fourth-order valence-corrected chi connectivity index (χ4v) is 17.7. The molecule has 27 heteroatoms. The van der Waals surface area contributed by atoms with Gasteiger partial charge in [-0.3, -0.25) is 9.59 Å². The summed E-state index contributed by atoms with van der Waals surface area (Å²) in [6.07, 6.45) is 11.4. The van der Waals surface area contributed by atoms with Crippen molar-refractivity contribution in [3.8, 4) is 33.4 Å². The maximum Gasteiger partial charge on any atom is 0.336 e. The van der Waals surface area contributed by atoms with Gasteiger partial charge in [0.25, 0.3) is 11.8 Å². The third kappa shape index (κ3) is 18.2. The Morgan fingerprint density at radius 2 is 0.721 bits per heavy atom. The van der Waals surface area contributed by atoms with Gasteiger partial charge in [0, 0.05) is 80.2 Å². The fraction of sp³-hybridized carbons (Fsp3) is 0.357. The number of sulfone groups is 3. The molecule has 3 aliphatic heterocycles. The molecule has 0 aliphatic carbocycles. The number of likely N-dealkylation sites (tertiary alicyclic amines) is 3. The predicted octanol–water partition coefficient (Wildman–Crippen LogP) is 14.6. The minimum Gasteiger partial charge on any atom is -0.478 e. The number of hydrogen-bond acceptors (Lipinski definition) is 16. The Bertz CT molecular complexity index is 5630. The number of nitrogens with two attached hydrogens (primary N) is 1. The number of piperidine rings is 3. The first-order valence-electron chi connectivity index (χ1n) is 37.3. The molecule has 6 aromatic carbocycles. The molecule has 12 aromatic rings. The van der Waals surface area contributed by atoms with Gasteiger partial charge in [0.1, 0.15) is 16.9 Å². The molecule has 0 unspecified atom stereocenters. The number of halogens is 2. The summed E-state index contributed by atoms with van der Waals surface area (Å²) in [6.45, 7) is 22.7. The van der Waals surface area contributed by atoms with Crippen LogP contribution in [-0.2, 0) is 29.5 Å². The van der Waals surface area contributed by atoms with Crippen LogP contribution >= 0.6 is 24.8 Å². The second kappa shape index (κ2) is 34.9. The Kier molecular flexibility index (Phi) is 26.5. The third-order valence-electron chi connectivity index (χ3n) is 21.6. The molecular weight excluding hydrogens is 1500 g/mol. The van der Waals surface area contributed by atoms with Crippen molar-refractivity contribution < 1.29 is 44.7 Å². The lowest BCUT2D eigenvalue weighted by Gasteiger charge is -2.29. The van der Waals surface area contributed by atoms with E-state index in [0.29, 0.717) is 45.0 Å². The van der Waals surface area contributed by atoms with Gasteiger partial charge in [-0.1, -0.05) is 57.2 Å². The highest BCUT2D eigenvalue weighted by Gasteiger charge is 2.29. The lowest BCUT2D eigenvalue weighted by Crippen LogP contribution is -2.43. The zero-order chi connectivity index (χ0) is 78.1. The van der Waals surface area contributed by atoms with Crippen LogP contribution in [0.15, 0.2) is 142 Å². The fourth-order valence-electron chi connectivity index (χ4n) is 14.9. The van der Waals surface area contributed by atoms with Gasteiger partial charge in [0.15, 0.2) is 29.5 Å². The van der Waals surface area contributed by atoms with Crippen LogP contribution in [0.3, 0.4) is 0 Å². The molecule has 0 bridgehead atoms. The zero-order valence-electron chi connectivity index (χ0n) is 64.9. The highest BCUT2D eigenvalue weighted by atomic mass is 35.5. The van der Waals surface area contributed by atoms with E-state index in [1.807, 2.05) is 77.3 Å². The molecule has 15 rings (SSSR count). The predicted molar refractivity (Wildman–Crippen MR) is 451 cm³/mol. The minimum atomic E-state index is -3.39. The van der Waals surface area contributed by atoms with E-state index < -0.39 is 35.5 Å². The van der Waals surface area contributed by atoms with Crippen molar-refractivity contribution in [2.45, 2.75) is 134 Å². The first-order chi connectivity index (χ1) is 51.9. The number of hydrogen-bond donors (Lipinski definition) is 7. The summed E-state index contributed by atoms with van der Waals surface area (Å²) in [5.41, 5.74) is 21.3. The van der Waals surface area contributed by atoms with Crippen molar-refractivity contribution in [1.82, 2.24) is 55.2 Å². The second-order valence-corrected chi connectivity index (χ2v) is 36.3. The molecule has 0 spiro atoms. The van der Waals surface area contributed by atoms with Gasteiger partial charge in [-0.15, -0.1) is 24.8 Å². The number of benzene rings is 6. The number of carbonyl (C=O) groups is 3. The van der Waals surface area contributed by atoms with E-state index >= 15 is 0 Å². The summed E-state index contributed by atoms with van der Waals surface area (Å²) < 4.78 is 75.3. The number of aromatic nitrogens is 6. The number of rotatable bonds is 14. The molecule has 0 saturated carbocycles. The molecule has 111 heavy (non-hydrogen) atoms. The van der Waals surface area contributed by atoms with Gasteiger partial charge in [0.05, 0.1) is 54.1 Å². The molecule has 3 fully saturated rings. The van der Waals surface area contributed by atoms with E-state index in [9.17, 15) is 44.7 Å². The Balaban J connectivity index is 0.000000167. The Hall–Kier alpha value is -9.15. The number of carboxylic acid groups (broad SMARTS) is 1. The van der Waals surface area contributed by atoms with Crippen LogP contribution in [0.1, 0.15) is 124 Å². The van der Waals surface area contributed by atoms with E-state index in [-0.39, 0.29) is 86.2 Å². The van der Waals surface area contributed by atoms with Gasteiger partial charge in [-0.2, -0.15) is 0 Å². The number of nitrogens with one attached hydrogen (secondary N) is 5. The zero-order valence-corrected chi connectivity index (χ0v) is 69.0. The number of carboxylic acids is 1. The molecule has 3 saturated heterocycles. The van der Waals surface area contributed by atoms with Crippen LogP contribution < -0.4 is 16.4 Å². The van der Waals surface area contributed by atoms with Gasteiger partial charge < -0.3 is 51.1 Å². The SMILES string of the molecule is CCS(=O)(=O)c1cccc(-c2cc(C(=O)NC3CCN(C)CC3)c(C)c3[nH]c4ncc(C)cc4c23)c1.CCS(=O)(=O)c1cccc(-c2cc(C(=O)NC3CCN(C)CC3)c(C)c3[nH]c4ncc(C)cc4c23)c1.CCS(=O)(=O)c1cccc(-c2cc(C(=O)O)c(C)c3[nH]c4ncc(C)cc4c23)c1.CN1CCC(N)CC1.Cl.Cl. The van der Waals surface area contributed by atoms with Crippen molar-refractivity contribution in [2.24, 2.45) is 5.73 Å². The summed E-state index contributed by atoms with van der Waals surface area (Å²) in [5.74, 6) is -1.20. The normalized spacial score (nSPS) is 15.1. The molecule has 0 radical (unpaired) electrons. The van der Waals surface area contributed by atoms with E-state index in [4.69, 9.17) is 5.73 Å². The van der Waals surface area contributed by atoms with Crippen LogP contribution in [0.25, 0.3) is 99.2 Å². The number of aryl methyl sites for hydroxylation is 6. The van der Waals surface area contributed by atoms with Gasteiger partial charge in [-0.25, -0.2) is 45.0 Å². The van der Waals surface area contributed by atoms with Crippen molar-refractivity contribution >= 4 is 138 Å². The van der Waals surface area contributed by atoms with Crippen LogP contribution in [0.5, 0.6) is 0 Å². The maximum absolute atomic E-state index is 13.5. The number of amides is 2. The smallest absolute Gasteiger partial charge is 0.336 e. The van der Waals surface area contributed by atoms with Gasteiger partial charge in [-0.05, 0) is 280 Å². The number of aromatic amines is 3. The van der Waals surface area contributed by atoms with Gasteiger partial charge in [0.2, 0.25) is 0 Å². The highest BCUT2D eigenvalue weighted by Crippen LogP contribution is 2.43. The van der Waals surface area contributed by atoms with E-state index in [2.05, 4.69) is 88.5 Å². The summed E-state index contributed by atoms with van der Waals surface area (Å²) in [4.78, 5) is 70.3. The van der Waals surface area contributed by atoms with Crippen molar-refractivity contribution in [3.05, 3.63) is 178 Å². The molecule has 6 aromatic heterocycles. The summed E-state index contributed by atoms with van der Waals surface area (Å²) in [5, 5.41) is 21.7. The first kappa shape index (κ1) is 84.3. The first-order valence-corrected chi connectivity index (χ1v) is 42.2. The number of nitrogens with zero attached hydrogens (tertiary/aromatic N) is 6. The lowest BCUT2D eigenvalue weighted by atomic mass is 9.93. The van der Waals surface area contributed by atoms with Crippen molar-refractivity contribution in [2.75, 3.05) is 77.7 Å². The molecule has 8 N–H and O–H groups in total. The van der Waals surface area contributed by atoms with Crippen molar-refractivity contribution in [3.63, 3.8) is 0 Å². The molecule has 2 amide bonds. The Morgan fingerprint density at radius 1 is 0.441 bits per heavy atom. The summed E-state index contributed by atoms with van der Waals surface area (Å²) >= 11 is 0. The summed E-state index contributed by atoms with van der Waals surface area (Å²) in [7, 11) is -3.81. The Morgan fingerprint density at radius 3 is 1.00 bits per heavy atom. The highest BCUT2D eigenvalue weighted by molar-refractivity contribution is 7.92. The molecular formula is C84H100Cl2N12O10S3. The van der Waals surface area contributed by atoms with Crippen LogP contribution in [0.2, 0.25) is 0 Å². The summed E-state index contributed by atoms with van der Waals surface area (Å²) in [6, 6.07) is 33.0. The van der Waals surface area contributed by atoms with E-state index in [0.717, 1.165) is 157 Å². The average molecular weight is 1600 g/mol. The quantitative estimate of drug-likeness (QED) is 0.0532. The molecule has 588 valence electrons. The average Bonchev–Trinajstić information content (AvgIpc) is 1.62. The molecule has 3 aliphatic rings. The standard InChI is InChI=1S/2C28H32N4O3S.C22H20N2O4S.C6H14N2.2ClH/c2*1-5-36(34,35)21-8-6-7-19(14-21)23-15-22(28(33)30-20-9-11-32(4)12-10-20)18(3)26-25(23)24-13-17(2)16-29-27(24)31-26;1-4-29(27,28)15-7-5-6-14(9-15)17-10-16(22(25)26)13(3)20-19(17)18-8-12(2)11-23-21(18)24-20;1-8-4-2-6(7)3-5-8;;/h2*6-8,13-16,20H,5,9-12H2,1-4H3,(H,29,31)(H,30,33);5-11H,4H2,1-3H3,(H,23,24)(H,25,26);6H,2-5,7H2,1H3;2*1H. The topological polar surface area (TPSA) is 320 Å². The maximum atomic E-state index is 13.5. The number of carbonyl (C=O) groups excluding carboxylic acids is 2. The van der Waals surface area contributed by atoms with Crippen LogP contribution in [0, 0.1) is 41.5 Å². The van der Waals surface area contributed by atoms with E-state index in [1.165, 1.54) is 25.9 Å². The lowest BCUT2D eigenvalue weighted by molar-refractivity contribution is 0.0695. The van der Waals surface area contributed by atoms with Crippen molar-refractivity contribution in [1.29, 1.82) is 0 Å². The number of pyridine rings is 3. The monoisotopic (exact) mass is 1600 g/mol.